The quantitative estimate of drug-likeness (QED) is 0.797. The van der Waals surface area contributed by atoms with Crippen molar-refractivity contribution in [2.24, 2.45) is 5.92 Å². The molecule has 8 heteroatoms. The first-order valence-electron chi connectivity index (χ1n) is 8.51. The van der Waals surface area contributed by atoms with Crippen LogP contribution in [-0.2, 0) is 11.3 Å². The molecule has 1 fully saturated rings. The number of amides is 1. The van der Waals surface area contributed by atoms with Crippen molar-refractivity contribution < 1.29 is 13.9 Å². The normalized spacial score (nSPS) is 17.5. The zero-order valence-corrected chi connectivity index (χ0v) is 14.3. The maximum absolute atomic E-state index is 12.9. The molecule has 1 atom stereocenters. The number of ether oxygens (including phenoxy) is 1. The van der Waals surface area contributed by atoms with E-state index in [1.54, 1.807) is 16.8 Å². The number of piperidine rings is 1. The third-order valence-electron chi connectivity index (χ3n) is 4.42. The Morgan fingerprint density at radius 2 is 2.16 bits per heavy atom. The van der Waals surface area contributed by atoms with E-state index in [1.807, 2.05) is 11.8 Å². The van der Waals surface area contributed by atoms with E-state index in [1.165, 1.54) is 12.1 Å². The molecule has 2 heterocycles. The predicted molar refractivity (Wildman–Crippen MR) is 88.4 cm³/mol. The molecule has 25 heavy (non-hydrogen) atoms. The summed E-state index contributed by atoms with van der Waals surface area (Å²) in [5, 5.41) is 11.3. The number of halogens is 1. The molecule has 2 aromatic rings. The van der Waals surface area contributed by atoms with Crippen LogP contribution in [0.3, 0.4) is 0 Å². The second kappa shape index (κ2) is 8.04. The third kappa shape index (κ3) is 4.74. The van der Waals surface area contributed by atoms with Gasteiger partial charge in [-0.15, -0.1) is 5.10 Å². The Hall–Kier alpha value is -2.51. The number of carbonyl (C=O) groups is 1. The summed E-state index contributed by atoms with van der Waals surface area (Å²) < 4.78 is 20.3. The standard InChI is InChI=1S/C17H22FN5O2/c1-13-19-20-21-23(13)10-8-17(24)22-9-2-3-14(11-22)12-25-16-6-4-15(18)5-7-16/h4-7,14H,2-3,8-12H2,1H3. The predicted octanol–water partition coefficient (Wildman–Crippen LogP) is 1.83. The fourth-order valence-electron chi connectivity index (χ4n) is 2.99. The van der Waals surface area contributed by atoms with Gasteiger partial charge in [0.25, 0.3) is 0 Å². The maximum Gasteiger partial charge on any atom is 0.224 e. The number of aromatic nitrogens is 4. The van der Waals surface area contributed by atoms with Crippen LogP contribution in [0.15, 0.2) is 24.3 Å². The summed E-state index contributed by atoms with van der Waals surface area (Å²) in [5.74, 6) is 1.48. The second-order valence-corrected chi connectivity index (χ2v) is 6.31. The van der Waals surface area contributed by atoms with Crippen LogP contribution in [0, 0.1) is 18.7 Å². The number of carbonyl (C=O) groups excluding carboxylic acids is 1. The Labute approximate surface area is 145 Å². The summed E-state index contributed by atoms with van der Waals surface area (Å²) in [6.07, 6.45) is 2.38. The van der Waals surface area contributed by atoms with Gasteiger partial charge in [0.15, 0.2) is 0 Å². The van der Waals surface area contributed by atoms with Crippen molar-refractivity contribution in [1.29, 1.82) is 0 Å². The molecular weight excluding hydrogens is 325 g/mol. The lowest BCUT2D eigenvalue weighted by atomic mass is 9.98. The molecule has 0 aliphatic carbocycles. The number of nitrogens with zero attached hydrogens (tertiary/aromatic N) is 5. The Balaban J connectivity index is 1.46. The van der Waals surface area contributed by atoms with Gasteiger partial charge in [0, 0.05) is 25.4 Å². The molecule has 0 radical (unpaired) electrons. The second-order valence-electron chi connectivity index (χ2n) is 6.31. The van der Waals surface area contributed by atoms with Crippen LogP contribution in [0.5, 0.6) is 5.75 Å². The fraction of sp³-hybridized carbons (Fsp3) is 0.529. The Bertz CT molecular complexity index is 703. The lowest BCUT2D eigenvalue weighted by molar-refractivity contribution is -0.133. The highest BCUT2D eigenvalue weighted by Gasteiger charge is 2.24. The lowest BCUT2D eigenvalue weighted by Gasteiger charge is -2.32. The van der Waals surface area contributed by atoms with E-state index < -0.39 is 0 Å². The van der Waals surface area contributed by atoms with Crippen molar-refractivity contribution in [2.75, 3.05) is 19.7 Å². The largest absolute Gasteiger partial charge is 0.493 e. The molecular formula is C17H22FN5O2. The Morgan fingerprint density at radius 1 is 1.36 bits per heavy atom. The monoisotopic (exact) mass is 347 g/mol. The SMILES string of the molecule is Cc1nnnn1CCC(=O)N1CCCC(COc2ccc(F)cc2)C1. The average Bonchev–Trinajstić information content (AvgIpc) is 3.04. The maximum atomic E-state index is 12.9. The Morgan fingerprint density at radius 3 is 2.88 bits per heavy atom. The van der Waals surface area contributed by atoms with Gasteiger partial charge in [-0.05, 0) is 54.5 Å². The summed E-state index contributed by atoms with van der Waals surface area (Å²) in [5.41, 5.74) is 0. The molecule has 0 spiro atoms. The molecule has 1 saturated heterocycles. The zero-order chi connectivity index (χ0) is 17.6. The number of hydrogen-bond acceptors (Lipinski definition) is 5. The number of aryl methyl sites for hydroxylation is 2. The van der Waals surface area contributed by atoms with Crippen molar-refractivity contribution in [1.82, 2.24) is 25.1 Å². The molecule has 0 saturated carbocycles. The highest BCUT2D eigenvalue weighted by Crippen LogP contribution is 2.20. The van der Waals surface area contributed by atoms with Crippen LogP contribution >= 0.6 is 0 Å². The summed E-state index contributed by atoms with van der Waals surface area (Å²) in [4.78, 5) is 14.3. The smallest absolute Gasteiger partial charge is 0.224 e. The molecule has 1 aliphatic rings. The summed E-state index contributed by atoms with van der Waals surface area (Å²) in [7, 11) is 0. The minimum Gasteiger partial charge on any atom is -0.493 e. The van der Waals surface area contributed by atoms with Gasteiger partial charge in [-0.3, -0.25) is 4.79 Å². The number of tetrazole rings is 1. The molecule has 1 aromatic carbocycles. The van der Waals surface area contributed by atoms with Crippen LogP contribution in [0.2, 0.25) is 0 Å². The van der Waals surface area contributed by atoms with E-state index in [0.29, 0.717) is 37.7 Å². The molecule has 0 N–H and O–H groups in total. The number of benzene rings is 1. The van der Waals surface area contributed by atoms with Crippen molar-refractivity contribution in [3.63, 3.8) is 0 Å². The van der Waals surface area contributed by atoms with E-state index in [9.17, 15) is 9.18 Å². The third-order valence-corrected chi connectivity index (χ3v) is 4.42. The van der Waals surface area contributed by atoms with Crippen molar-refractivity contribution in [2.45, 2.75) is 32.7 Å². The molecule has 7 nitrogen and oxygen atoms in total. The first-order valence-corrected chi connectivity index (χ1v) is 8.51. The molecule has 134 valence electrons. The first-order chi connectivity index (χ1) is 12.1. The van der Waals surface area contributed by atoms with Crippen molar-refractivity contribution in [3.8, 4) is 5.75 Å². The highest BCUT2D eigenvalue weighted by atomic mass is 19.1. The number of hydrogen-bond donors (Lipinski definition) is 0. The molecule has 1 aromatic heterocycles. The fourth-order valence-corrected chi connectivity index (χ4v) is 2.99. The van der Waals surface area contributed by atoms with Gasteiger partial charge in [0.2, 0.25) is 5.91 Å². The van der Waals surface area contributed by atoms with Crippen LogP contribution in [0.4, 0.5) is 4.39 Å². The van der Waals surface area contributed by atoms with Gasteiger partial charge in [-0.2, -0.15) is 0 Å². The molecule has 3 rings (SSSR count). The summed E-state index contributed by atoms with van der Waals surface area (Å²) in [6, 6.07) is 6.01. The van der Waals surface area contributed by atoms with Crippen molar-refractivity contribution in [3.05, 3.63) is 35.9 Å². The van der Waals surface area contributed by atoms with Crippen LogP contribution in [-0.4, -0.2) is 50.7 Å². The molecule has 1 aliphatic heterocycles. The van der Waals surface area contributed by atoms with E-state index in [4.69, 9.17) is 4.74 Å². The van der Waals surface area contributed by atoms with E-state index in [2.05, 4.69) is 15.5 Å². The first kappa shape index (κ1) is 17.3. The highest BCUT2D eigenvalue weighted by molar-refractivity contribution is 5.76. The minimum absolute atomic E-state index is 0.112. The van der Waals surface area contributed by atoms with Gasteiger partial charge in [0.1, 0.15) is 17.4 Å². The minimum atomic E-state index is -0.278. The van der Waals surface area contributed by atoms with E-state index in [-0.39, 0.29) is 17.6 Å². The van der Waals surface area contributed by atoms with Gasteiger partial charge < -0.3 is 9.64 Å². The van der Waals surface area contributed by atoms with Gasteiger partial charge in [0.05, 0.1) is 13.2 Å². The van der Waals surface area contributed by atoms with Crippen molar-refractivity contribution >= 4 is 5.91 Å². The number of likely N-dealkylation sites (tertiary alicyclic amines) is 1. The van der Waals surface area contributed by atoms with Crippen LogP contribution in [0.25, 0.3) is 0 Å². The van der Waals surface area contributed by atoms with E-state index >= 15 is 0 Å². The van der Waals surface area contributed by atoms with Gasteiger partial charge in [-0.25, -0.2) is 9.07 Å². The summed E-state index contributed by atoms with van der Waals surface area (Å²) in [6.45, 7) is 4.30. The van der Waals surface area contributed by atoms with E-state index in [0.717, 1.165) is 19.4 Å². The Kier molecular flexibility index (Phi) is 5.57. The van der Waals surface area contributed by atoms with Crippen LogP contribution in [0.1, 0.15) is 25.1 Å². The van der Waals surface area contributed by atoms with Gasteiger partial charge in [-0.1, -0.05) is 0 Å². The van der Waals surface area contributed by atoms with Gasteiger partial charge >= 0.3 is 0 Å². The zero-order valence-electron chi connectivity index (χ0n) is 14.3. The van der Waals surface area contributed by atoms with Crippen LogP contribution < -0.4 is 4.74 Å². The molecule has 0 bridgehead atoms. The average molecular weight is 347 g/mol. The summed E-state index contributed by atoms with van der Waals surface area (Å²) >= 11 is 0. The lowest BCUT2D eigenvalue weighted by Crippen LogP contribution is -2.41. The topological polar surface area (TPSA) is 73.1 Å². The number of rotatable bonds is 6. The molecule has 1 unspecified atom stereocenters. The molecule has 1 amide bonds.